The molecule has 2 rings (SSSR count). The average Bonchev–Trinajstić information content (AvgIpc) is 2.38. The van der Waals surface area contributed by atoms with Gasteiger partial charge in [0.25, 0.3) is 0 Å². The molecular weight excluding hydrogens is 212 g/mol. The molecule has 0 unspecified atom stereocenters. The van der Waals surface area contributed by atoms with Crippen molar-refractivity contribution >= 4 is 11.6 Å². The monoisotopic (exact) mass is 228 g/mol. The molecule has 4 nitrogen and oxygen atoms in total. The molecule has 0 aliphatic rings. The molecular formula is C13H16N4. The summed E-state index contributed by atoms with van der Waals surface area (Å²) in [6.07, 6.45) is 4.22. The Bertz CT molecular complexity index is 479. The molecule has 0 atom stereocenters. The van der Waals surface area contributed by atoms with Gasteiger partial charge in [-0.1, -0.05) is 31.2 Å². The highest BCUT2D eigenvalue weighted by molar-refractivity contribution is 5.37. The molecule has 4 heteroatoms. The normalized spacial score (nSPS) is 10.2. The molecule has 0 amide bonds. The van der Waals surface area contributed by atoms with Crippen molar-refractivity contribution < 1.29 is 0 Å². The molecule has 0 saturated heterocycles. The average molecular weight is 228 g/mol. The molecule has 1 aromatic carbocycles. The molecule has 1 heterocycles. The fraction of sp³-hybridized carbons (Fsp3) is 0.231. The number of anilines is 2. The van der Waals surface area contributed by atoms with Crippen LogP contribution < -0.4 is 11.1 Å². The summed E-state index contributed by atoms with van der Waals surface area (Å²) in [4.78, 5) is 8.20. The third-order valence-electron chi connectivity index (χ3n) is 2.61. The van der Waals surface area contributed by atoms with Crippen LogP contribution in [0, 0.1) is 0 Å². The van der Waals surface area contributed by atoms with Crippen molar-refractivity contribution in [3.63, 3.8) is 0 Å². The quantitative estimate of drug-likeness (QED) is 0.842. The number of nitrogens with two attached hydrogens (primary N) is 1. The maximum atomic E-state index is 5.53. The number of aryl methyl sites for hydroxylation is 1. The minimum atomic E-state index is 0.574. The van der Waals surface area contributed by atoms with E-state index in [0.717, 1.165) is 13.0 Å². The van der Waals surface area contributed by atoms with E-state index in [2.05, 4.69) is 40.4 Å². The minimum absolute atomic E-state index is 0.574. The maximum absolute atomic E-state index is 5.53. The molecule has 0 aliphatic carbocycles. The van der Waals surface area contributed by atoms with E-state index in [9.17, 15) is 0 Å². The summed E-state index contributed by atoms with van der Waals surface area (Å²) < 4.78 is 0. The Morgan fingerprint density at radius 1 is 1.12 bits per heavy atom. The van der Waals surface area contributed by atoms with Crippen LogP contribution >= 0.6 is 0 Å². The van der Waals surface area contributed by atoms with E-state index in [4.69, 9.17) is 5.73 Å². The van der Waals surface area contributed by atoms with Gasteiger partial charge in [0.05, 0.1) is 18.1 Å². The van der Waals surface area contributed by atoms with Crippen LogP contribution in [0.15, 0.2) is 36.7 Å². The lowest BCUT2D eigenvalue weighted by atomic mass is 10.1. The Balaban J connectivity index is 2.04. The van der Waals surface area contributed by atoms with Crippen LogP contribution in [0.1, 0.15) is 18.1 Å². The molecule has 0 bridgehead atoms. The second-order valence-corrected chi connectivity index (χ2v) is 3.82. The van der Waals surface area contributed by atoms with Crippen molar-refractivity contribution in [2.24, 2.45) is 0 Å². The second kappa shape index (κ2) is 5.30. The molecule has 88 valence electrons. The van der Waals surface area contributed by atoms with Gasteiger partial charge in [-0.2, -0.15) is 0 Å². The molecule has 0 spiro atoms. The van der Waals surface area contributed by atoms with Crippen molar-refractivity contribution in [3.8, 4) is 0 Å². The Morgan fingerprint density at radius 2 is 1.76 bits per heavy atom. The van der Waals surface area contributed by atoms with Gasteiger partial charge in [-0.25, -0.2) is 9.97 Å². The van der Waals surface area contributed by atoms with Gasteiger partial charge in [-0.05, 0) is 17.5 Å². The van der Waals surface area contributed by atoms with E-state index in [1.54, 1.807) is 12.4 Å². The van der Waals surface area contributed by atoms with E-state index >= 15 is 0 Å². The van der Waals surface area contributed by atoms with Crippen LogP contribution in [0.5, 0.6) is 0 Å². The van der Waals surface area contributed by atoms with Crippen molar-refractivity contribution in [2.45, 2.75) is 19.9 Å². The summed E-state index contributed by atoms with van der Waals surface area (Å²) in [6.45, 7) is 2.88. The first-order valence-corrected chi connectivity index (χ1v) is 5.67. The highest BCUT2D eigenvalue weighted by atomic mass is 15.1. The van der Waals surface area contributed by atoms with E-state index in [1.165, 1.54) is 11.1 Å². The predicted molar refractivity (Wildman–Crippen MR) is 69.6 cm³/mol. The number of benzene rings is 1. The van der Waals surface area contributed by atoms with Gasteiger partial charge >= 0.3 is 0 Å². The third kappa shape index (κ3) is 2.93. The molecule has 3 N–H and O–H groups in total. The minimum Gasteiger partial charge on any atom is -0.396 e. The number of rotatable bonds is 4. The van der Waals surface area contributed by atoms with Crippen LogP contribution in [0.3, 0.4) is 0 Å². The summed E-state index contributed by atoms with van der Waals surface area (Å²) in [5.41, 5.74) is 8.72. The van der Waals surface area contributed by atoms with Crippen LogP contribution in [0.25, 0.3) is 0 Å². The summed E-state index contributed by atoms with van der Waals surface area (Å²) >= 11 is 0. The van der Waals surface area contributed by atoms with Crippen molar-refractivity contribution in [1.82, 2.24) is 9.97 Å². The lowest BCUT2D eigenvalue weighted by Gasteiger charge is -2.08. The second-order valence-electron chi connectivity index (χ2n) is 3.82. The third-order valence-corrected chi connectivity index (χ3v) is 2.61. The van der Waals surface area contributed by atoms with E-state index in [1.807, 2.05) is 6.07 Å². The van der Waals surface area contributed by atoms with Gasteiger partial charge in [-0.3, -0.25) is 0 Å². The van der Waals surface area contributed by atoms with Crippen LogP contribution in [0.2, 0.25) is 0 Å². The molecule has 17 heavy (non-hydrogen) atoms. The first-order valence-electron chi connectivity index (χ1n) is 5.67. The van der Waals surface area contributed by atoms with Crippen LogP contribution in [-0.4, -0.2) is 9.97 Å². The lowest BCUT2D eigenvalue weighted by molar-refractivity contribution is 1.01. The highest BCUT2D eigenvalue weighted by Gasteiger charge is 2.00. The zero-order chi connectivity index (χ0) is 12.1. The summed E-state index contributed by atoms with van der Waals surface area (Å²) in [5, 5.41) is 3.19. The van der Waals surface area contributed by atoms with Gasteiger partial charge in [0.1, 0.15) is 0 Å². The highest BCUT2D eigenvalue weighted by Crippen LogP contribution is 2.11. The Labute approximate surface area is 101 Å². The van der Waals surface area contributed by atoms with E-state index in [0.29, 0.717) is 11.6 Å². The van der Waals surface area contributed by atoms with Crippen molar-refractivity contribution in [1.29, 1.82) is 0 Å². The summed E-state index contributed by atoms with van der Waals surface area (Å²) in [6, 6.07) is 8.35. The van der Waals surface area contributed by atoms with Gasteiger partial charge in [0, 0.05) is 6.54 Å². The Kier molecular flexibility index (Phi) is 3.55. The lowest BCUT2D eigenvalue weighted by Crippen LogP contribution is -2.05. The number of aromatic nitrogens is 2. The summed E-state index contributed by atoms with van der Waals surface area (Å²) in [7, 11) is 0. The van der Waals surface area contributed by atoms with Gasteiger partial charge in [0.2, 0.25) is 5.95 Å². The number of nitrogens with zero attached hydrogens (tertiary/aromatic N) is 2. The molecule has 0 radical (unpaired) electrons. The maximum Gasteiger partial charge on any atom is 0.222 e. The number of hydrogen-bond donors (Lipinski definition) is 2. The first-order chi connectivity index (χ1) is 8.29. The van der Waals surface area contributed by atoms with Crippen LogP contribution in [0.4, 0.5) is 11.6 Å². The Morgan fingerprint density at radius 3 is 2.41 bits per heavy atom. The largest absolute Gasteiger partial charge is 0.396 e. The standard InChI is InChI=1S/C13H16N4/c1-2-10-5-3-4-6-11(10)7-15-13-16-8-12(14)9-17-13/h3-6,8-9H,2,7,14H2,1H3,(H,15,16,17). The molecule has 1 aromatic heterocycles. The molecule has 0 fully saturated rings. The van der Waals surface area contributed by atoms with Crippen LogP contribution in [-0.2, 0) is 13.0 Å². The topological polar surface area (TPSA) is 63.8 Å². The van der Waals surface area contributed by atoms with E-state index in [-0.39, 0.29) is 0 Å². The zero-order valence-electron chi connectivity index (χ0n) is 9.85. The van der Waals surface area contributed by atoms with Crippen molar-refractivity contribution in [2.75, 3.05) is 11.1 Å². The van der Waals surface area contributed by atoms with Crippen molar-refractivity contribution in [3.05, 3.63) is 47.8 Å². The van der Waals surface area contributed by atoms with Gasteiger partial charge < -0.3 is 11.1 Å². The molecule has 0 saturated carbocycles. The Hall–Kier alpha value is -2.10. The fourth-order valence-electron chi connectivity index (χ4n) is 1.68. The van der Waals surface area contributed by atoms with E-state index < -0.39 is 0 Å². The molecule has 2 aromatic rings. The number of nitrogen functional groups attached to an aromatic ring is 1. The fourth-order valence-corrected chi connectivity index (χ4v) is 1.68. The number of hydrogen-bond acceptors (Lipinski definition) is 4. The SMILES string of the molecule is CCc1ccccc1CNc1ncc(N)cn1. The molecule has 0 aliphatic heterocycles. The van der Waals surface area contributed by atoms with Gasteiger partial charge in [0.15, 0.2) is 0 Å². The number of nitrogens with one attached hydrogen (secondary N) is 1. The van der Waals surface area contributed by atoms with Gasteiger partial charge in [-0.15, -0.1) is 0 Å². The first kappa shape index (κ1) is 11.4. The summed E-state index contributed by atoms with van der Waals surface area (Å²) in [5.74, 6) is 0.602. The smallest absolute Gasteiger partial charge is 0.222 e. The predicted octanol–water partition coefficient (Wildman–Crippen LogP) is 2.23. The zero-order valence-corrected chi connectivity index (χ0v) is 9.85.